The molecule has 3 aromatic carbocycles. The van der Waals surface area contributed by atoms with Crippen LogP contribution in [0.2, 0.25) is 0 Å². The van der Waals surface area contributed by atoms with Crippen molar-refractivity contribution in [3.63, 3.8) is 0 Å². The van der Waals surface area contributed by atoms with Crippen LogP contribution in [0.1, 0.15) is 18.5 Å². The minimum absolute atomic E-state index is 0.0300. The number of hydrogen-bond donors (Lipinski definition) is 1. The maximum atomic E-state index is 13.7. The van der Waals surface area contributed by atoms with Crippen molar-refractivity contribution < 1.29 is 24.3 Å². The number of phenols is 1. The van der Waals surface area contributed by atoms with Gasteiger partial charge < -0.3 is 9.84 Å². The number of carbonyl (C=O) groups excluding carboxylic acids is 2. The first-order valence-electron chi connectivity index (χ1n) is 10.7. The normalized spacial score (nSPS) is 21.8. The number of nitrogens with zero attached hydrogens (tertiary/aromatic N) is 2. The smallest absolute Gasteiger partial charge is 0.266 e. The highest BCUT2D eigenvalue weighted by Gasteiger charge is 2.60. The molecule has 2 saturated heterocycles. The molecule has 3 atom stereocenters. The highest BCUT2D eigenvalue weighted by Crippen LogP contribution is 2.49. The molecule has 7 nitrogen and oxygen atoms in total. The summed E-state index contributed by atoms with van der Waals surface area (Å²) in [5, 5.41) is 12.0. The van der Waals surface area contributed by atoms with Crippen LogP contribution in [0.4, 0.5) is 11.4 Å². The molecule has 0 aromatic heterocycles. The van der Waals surface area contributed by atoms with Crippen LogP contribution in [0, 0.1) is 5.92 Å². The number of fused-ring (bicyclic) bond motifs is 1. The summed E-state index contributed by atoms with van der Waals surface area (Å²) in [6.45, 7) is 2.17. The predicted molar refractivity (Wildman–Crippen MR) is 134 cm³/mol. The van der Waals surface area contributed by atoms with Gasteiger partial charge in [-0.05, 0) is 76.9 Å². The largest absolute Gasteiger partial charge is 0.503 e. The van der Waals surface area contributed by atoms with E-state index < -0.39 is 24.0 Å². The summed E-state index contributed by atoms with van der Waals surface area (Å²) in [7, 11) is 0. The molecule has 0 saturated carbocycles. The number of carbonyl (C=O) groups is 2. The van der Waals surface area contributed by atoms with Crippen molar-refractivity contribution in [2.24, 2.45) is 5.92 Å². The lowest BCUT2D eigenvalue weighted by Crippen LogP contribution is -2.37. The molecule has 174 valence electrons. The average molecular weight is 588 g/mol. The number of benzene rings is 3. The Balaban J connectivity index is 1.62. The Kier molecular flexibility index (Phi) is 6.09. The molecule has 0 spiro atoms. The van der Waals surface area contributed by atoms with Gasteiger partial charge in [0.1, 0.15) is 5.92 Å². The third kappa shape index (κ3) is 3.77. The van der Waals surface area contributed by atoms with Crippen LogP contribution in [-0.2, 0) is 14.4 Å². The molecule has 0 aliphatic carbocycles. The third-order valence-electron chi connectivity index (χ3n) is 5.90. The number of amides is 2. The number of aromatic hydroxyl groups is 1. The number of hydroxylamine groups is 1. The van der Waals surface area contributed by atoms with Crippen LogP contribution in [0.15, 0.2) is 75.7 Å². The number of para-hydroxylation sites is 1. The number of rotatable bonds is 5. The molecule has 2 heterocycles. The van der Waals surface area contributed by atoms with Gasteiger partial charge >= 0.3 is 0 Å². The Morgan fingerprint density at radius 2 is 1.68 bits per heavy atom. The van der Waals surface area contributed by atoms with Crippen molar-refractivity contribution in [3.8, 4) is 11.5 Å². The lowest BCUT2D eigenvalue weighted by atomic mass is 9.90. The molecule has 3 aromatic rings. The van der Waals surface area contributed by atoms with Gasteiger partial charge in [0.05, 0.1) is 28.5 Å². The quantitative estimate of drug-likeness (QED) is 0.405. The Morgan fingerprint density at radius 1 is 0.971 bits per heavy atom. The summed E-state index contributed by atoms with van der Waals surface area (Å²) in [4.78, 5) is 34.4. The monoisotopic (exact) mass is 586 g/mol. The van der Waals surface area contributed by atoms with Crippen molar-refractivity contribution in [2.45, 2.75) is 19.1 Å². The molecular formula is C25H20Br2N2O5. The maximum Gasteiger partial charge on any atom is 0.266 e. The first-order chi connectivity index (χ1) is 16.4. The Bertz CT molecular complexity index is 1250. The second kappa shape index (κ2) is 9.05. The number of ether oxygens (including phenoxy) is 1. The van der Waals surface area contributed by atoms with E-state index in [0.717, 1.165) is 4.47 Å². The van der Waals surface area contributed by atoms with Gasteiger partial charge in [-0.2, -0.15) is 0 Å². The zero-order valence-electron chi connectivity index (χ0n) is 18.0. The SMILES string of the molecule is CCOc1cc([C@H]2[C@@H]3C(=O)N(c4ccc(Br)cc4)C(=O)[C@H]3ON2c2ccccc2)cc(Br)c1O. The van der Waals surface area contributed by atoms with E-state index >= 15 is 0 Å². The molecule has 0 radical (unpaired) electrons. The van der Waals surface area contributed by atoms with Gasteiger partial charge in [0.2, 0.25) is 5.91 Å². The van der Waals surface area contributed by atoms with Crippen molar-refractivity contribution in [2.75, 3.05) is 16.6 Å². The Morgan fingerprint density at radius 3 is 2.35 bits per heavy atom. The first-order valence-corrected chi connectivity index (χ1v) is 12.3. The topological polar surface area (TPSA) is 79.3 Å². The molecule has 0 unspecified atom stereocenters. The van der Waals surface area contributed by atoms with E-state index in [2.05, 4.69) is 31.9 Å². The van der Waals surface area contributed by atoms with E-state index in [4.69, 9.17) is 9.57 Å². The molecule has 9 heteroatoms. The van der Waals surface area contributed by atoms with Crippen molar-refractivity contribution in [3.05, 3.63) is 81.2 Å². The van der Waals surface area contributed by atoms with Gasteiger partial charge in [-0.3, -0.25) is 14.4 Å². The maximum absolute atomic E-state index is 13.7. The van der Waals surface area contributed by atoms with Crippen LogP contribution < -0.4 is 14.7 Å². The van der Waals surface area contributed by atoms with Gasteiger partial charge in [0.15, 0.2) is 17.6 Å². The molecule has 1 N–H and O–H groups in total. The molecule has 2 aliphatic heterocycles. The number of hydrogen-bond acceptors (Lipinski definition) is 6. The van der Waals surface area contributed by atoms with Crippen LogP contribution in [0.3, 0.4) is 0 Å². The van der Waals surface area contributed by atoms with Crippen LogP contribution in [-0.4, -0.2) is 29.6 Å². The standard InChI is InChI=1S/C25H20Br2N2O5/c1-2-33-19-13-14(12-18(27)22(19)30)21-20-23(34-29(21)17-6-4-3-5-7-17)25(32)28(24(20)31)16-10-8-15(26)9-11-16/h3-13,20-21,23,30H,2H2,1H3/t20-,21-,23-/m0/s1. The van der Waals surface area contributed by atoms with E-state index in [1.54, 1.807) is 41.5 Å². The molecule has 5 rings (SSSR count). The summed E-state index contributed by atoms with van der Waals surface area (Å²) in [6.07, 6.45) is -0.982. The molecule has 2 aliphatic rings. The number of halogens is 2. The fourth-order valence-corrected chi connectivity index (χ4v) is 5.15. The molecule has 34 heavy (non-hydrogen) atoms. The van der Waals surface area contributed by atoms with E-state index in [9.17, 15) is 14.7 Å². The average Bonchev–Trinajstić information content (AvgIpc) is 3.34. The number of anilines is 2. The summed E-state index contributed by atoms with van der Waals surface area (Å²) < 4.78 is 6.88. The fourth-order valence-electron chi connectivity index (χ4n) is 4.43. The lowest BCUT2D eigenvalue weighted by Gasteiger charge is -2.29. The minimum Gasteiger partial charge on any atom is -0.503 e. The van der Waals surface area contributed by atoms with Crippen LogP contribution in [0.25, 0.3) is 0 Å². The zero-order valence-corrected chi connectivity index (χ0v) is 21.2. The second-order valence-electron chi connectivity index (χ2n) is 7.93. The van der Waals surface area contributed by atoms with E-state index in [-0.39, 0.29) is 17.4 Å². The van der Waals surface area contributed by atoms with Gasteiger partial charge in [0, 0.05) is 4.47 Å². The Labute approximate surface area is 213 Å². The highest BCUT2D eigenvalue weighted by molar-refractivity contribution is 9.10. The first kappa shape index (κ1) is 22.9. The van der Waals surface area contributed by atoms with Crippen molar-refractivity contribution in [1.82, 2.24) is 0 Å². The van der Waals surface area contributed by atoms with Gasteiger partial charge in [-0.1, -0.05) is 34.1 Å². The van der Waals surface area contributed by atoms with E-state index in [1.165, 1.54) is 4.90 Å². The lowest BCUT2D eigenvalue weighted by molar-refractivity contribution is -0.126. The van der Waals surface area contributed by atoms with Crippen molar-refractivity contribution >= 4 is 55.0 Å². The molecule has 0 bridgehead atoms. The number of imide groups is 1. The second-order valence-corrected chi connectivity index (χ2v) is 9.70. The summed E-state index contributed by atoms with van der Waals surface area (Å²) in [5.41, 5.74) is 1.87. The highest BCUT2D eigenvalue weighted by atomic mass is 79.9. The zero-order chi connectivity index (χ0) is 24.0. The third-order valence-corrected chi connectivity index (χ3v) is 7.04. The summed E-state index contributed by atoms with van der Waals surface area (Å²) in [5.74, 6) is -1.30. The summed E-state index contributed by atoms with van der Waals surface area (Å²) >= 11 is 6.77. The molecular weight excluding hydrogens is 568 g/mol. The summed E-state index contributed by atoms with van der Waals surface area (Å²) in [6, 6.07) is 19.1. The van der Waals surface area contributed by atoms with Gasteiger partial charge in [-0.25, -0.2) is 9.96 Å². The van der Waals surface area contributed by atoms with E-state index in [1.807, 2.05) is 37.3 Å². The Hall–Kier alpha value is -2.88. The predicted octanol–water partition coefficient (Wildman–Crippen LogP) is 5.37. The molecule has 2 fully saturated rings. The molecule has 2 amide bonds. The fraction of sp³-hybridized carbons (Fsp3) is 0.200. The van der Waals surface area contributed by atoms with E-state index in [0.29, 0.717) is 28.0 Å². The van der Waals surface area contributed by atoms with Crippen molar-refractivity contribution in [1.29, 1.82) is 0 Å². The van der Waals surface area contributed by atoms with Gasteiger partial charge in [0.25, 0.3) is 5.91 Å². The van der Waals surface area contributed by atoms with Crippen LogP contribution >= 0.6 is 31.9 Å². The number of phenolic OH excluding ortho intramolecular Hbond substituents is 1. The van der Waals surface area contributed by atoms with Crippen LogP contribution in [0.5, 0.6) is 11.5 Å². The minimum atomic E-state index is -0.982. The van der Waals surface area contributed by atoms with Gasteiger partial charge in [-0.15, -0.1) is 0 Å².